The van der Waals surface area contributed by atoms with Crippen LogP contribution in [0, 0.1) is 0 Å². The molecule has 6 nitrogen and oxygen atoms in total. The molecule has 15 heavy (non-hydrogen) atoms. The predicted octanol–water partition coefficient (Wildman–Crippen LogP) is -1.19. The van der Waals surface area contributed by atoms with Gasteiger partial charge < -0.3 is 9.64 Å². The van der Waals surface area contributed by atoms with Crippen LogP contribution < -0.4 is 0 Å². The maximum atomic E-state index is 11.3. The van der Waals surface area contributed by atoms with Crippen molar-refractivity contribution in [3.8, 4) is 0 Å². The van der Waals surface area contributed by atoms with E-state index in [2.05, 4.69) is 4.74 Å². The highest BCUT2D eigenvalue weighted by Crippen LogP contribution is 2.05. The van der Waals surface area contributed by atoms with Crippen molar-refractivity contribution in [2.24, 2.45) is 0 Å². The van der Waals surface area contributed by atoms with Crippen LogP contribution in [0.3, 0.4) is 0 Å². The van der Waals surface area contributed by atoms with Crippen molar-refractivity contribution >= 4 is 21.7 Å². The molecule has 0 aromatic heterocycles. The third kappa shape index (κ3) is 3.19. The van der Waals surface area contributed by atoms with Crippen molar-refractivity contribution in [1.82, 2.24) is 4.90 Å². The van der Waals surface area contributed by atoms with E-state index in [1.807, 2.05) is 0 Å². The lowest BCUT2D eigenvalue weighted by Gasteiger charge is -2.17. The zero-order chi connectivity index (χ0) is 11.5. The molecule has 0 aromatic carbocycles. The second-order valence-corrected chi connectivity index (χ2v) is 5.59. The Hall–Kier alpha value is -1.11. The normalized spacial score (nSPS) is 20.5. The molecule has 1 aliphatic heterocycles. The van der Waals surface area contributed by atoms with Crippen molar-refractivity contribution in [3.05, 3.63) is 0 Å². The summed E-state index contributed by atoms with van der Waals surface area (Å²) in [7, 11) is -1.94. The molecule has 1 rings (SSSR count). The van der Waals surface area contributed by atoms with E-state index in [9.17, 15) is 18.0 Å². The molecule has 0 aromatic rings. The Balaban J connectivity index is 2.66. The van der Waals surface area contributed by atoms with Gasteiger partial charge in [0.2, 0.25) is 0 Å². The predicted molar refractivity (Wildman–Crippen MR) is 51.9 cm³/mol. The van der Waals surface area contributed by atoms with Crippen molar-refractivity contribution in [2.75, 3.05) is 31.7 Å². The number of rotatable bonds is 0. The van der Waals surface area contributed by atoms with Crippen LogP contribution in [-0.2, 0) is 24.2 Å². The second-order valence-electron chi connectivity index (χ2n) is 3.29. The number of hydrogen-bond donors (Lipinski definition) is 0. The maximum absolute atomic E-state index is 11.3. The number of amides is 1. The Kier molecular flexibility index (Phi) is 3.67. The molecule has 0 radical (unpaired) electrons. The molecule has 86 valence electrons. The number of carbonyl (C=O) groups is 2. The smallest absolute Gasteiger partial charge is 0.396 e. The number of sulfone groups is 1. The number of carbonyl (C=O) groups excluding carboxylic acids is 2. The molecule has 0 unspecified atom stereocenters. The fourth-order valence-electron chi connectivity index (χ4n) is 1.36. The van der Waals surface area contributed by atoms with Gasteiger partial charge in [-0.25, -0.2) is 13.2 Å². The van der Waals surface area contributed by atoms with E-state index in [4.69, 9.17) is 0 Å². The summed E-state index contributed by atoms with van der Waals surface area (Å²) < 4.78 is 26.7. The Morgan fingerprint density at radius 1 is 1.20 bits per heavy atom. The fourth-order valence-corrected chi connectivity index (χ4v) is 2.63. The minimum atomic E-state index is -3.06. The standard InChI is InChI=1S/C8H13NO5S/c1-14-8(11)7(10)9-3-2-5-15(12,13)6-4-9/h2-6H2,1H3. The number of esters is 1. The average Bonchev–Trinajstić information content (AvgIpc) is 2.37. The zero-order valence-corrected chi connectivity index (χ0v) is 9.25. The minimum absolute atomic E-state index is 0.0657. The molecule has 1 amide bonds. The highest BCUT2D eigenvalue weighted by molar-refractivity contribution is 7.91. The van der Waals surface area contributed by atoms with Gasteiger partial charge in [0.15, 0.2) is 9.84 Å². The fraction of sp³-hybridized carbons (Fsp3) is 0.750. The quantitative estimate of drug-likeness (QED) is 0.389. The lowest BCUT2D eigenvalue weighted by atomic mass is 10.4. The van der Waals surface area contributed by atoms with Crippen molar-refractivity contribution in [2.45, 2.75) is 6.42 Å². The minimum Gasteiger partial charge on any atom is -0.462 e. The molecule has 0 saturated carbocycles. The van der Waals surface area contributed by atoms with Crippen LogP contribution in [0.25, 0.3) is 0 Å². The van der Waals surface area contributed by atoms with Crippen LogP contribution >= 0.6 is 0 Å². The number of methoxy groups -OCH3 is 1. The summed E-state index contributed by atoms with van der Waals surface area (Å²) in [5.74, 6) is -1.74. The number of nitrogens with zero attached hydrogens (tertiary/aromatic N) is 1. The van der Waals surface area contributed by atoms with Crippen LogP contribution in [0.1, 0.15) is 6.42 Å². The van der Waals surface area contributed by atoms with Gasteiger partial charge in [-0.3, -0.25) is 4.79 Å². The van der Waals surface area contributed by atoms with Gasteiger partial charge in [0.05, 0.1) is 18.6 Å². The van der Waals surface area contributed by atoms with E-state index >= 15 is 0 Å². The molecule has 0 N–H and O–H groups in total. The van der Waals surface area contributed by atoms with Gasteiger partial charge in [-0.05, 0) is 6.42 Å². The highest BCUT2D eigenvalue weighted by Gasteiger charge is 2.26. The monoisotopic (exact) mass is 235 g/mol. The summed E-state index contributed by atoms with van der Waals surface area (Å²) in [6, 6.07) is 0. The molecule has 0 atom stereocenters. The number of hydrogen-bond acceptors (Lipinski definition) is 5. The second kappa shape index (κ2) is 4.61. The van der Waals surface area contributed by atoms with E-state index in [0.717, 1.165) is 7.11 Å². The molecule has 7 heteroatoms. The van der Waals surface area contributed by atoms with E-state index in [1.165, 1.54) is 4.90 Å². The van der Waals surface area contributed by atoms with E-state index in [0.29, 0.717) is 6.42 Å². The summed E-state index contributed by atoms with van der Waals surface area (Å²) in [6.45, 7) is 0.351. The van der Waals surface area contributed by atoms with Gasteiger partial charge in [0.1, 0.15) is 0 Å². The third-order valence-electron chi connectivity index (χ3n) is 2.20. The van der Waals surface area contributed by atoms with Crippen LogP contribution in [0.15, 0.2) is 0 Å². The van der Waals surface area contributed by atoms with E-state index in [-0.39, 0.29) is 24.6 Å². The van der Waals surface area contributed by atoms with Crippen LogP contribution in [0.4, 0.5) is 0 Å². The van der Waals surface area contributed by atoms with Crippen LogP contribution in [0.5, 0.6) is 0 Å². The summed E-state index contributed by atoms with van der Waals surface area (Å²) in [5.41, 5.74) is 0. The Labute approximate surface area is 88.1 Å². The van der Waals surface area contributed by atoms with Crippen molar-refractivity contribution < 1.29 is 22.7 Å². The SMILES string of the molecule is COC(=O)C(=O)N1CCCS(=O)(=O)CC1. The first-order chi connectivity index (χ1) is 6.96. The number of ether oxygens (including phenoxy) is 1. The first-order valence-corrected chi connectivity index (χ1v) is 6.36. The molecular weight excluding hydrogens is 222 g/mol. The molecular formula is C8H13NO5S. The third-order valence-corrected chi connectivity index (χ3v) is 3.92. The zero-order valence-electron chi connectivity index (χ0n) is 8.43. The van der Waals surface area contributed by atoms with Gasteiger partial charge >= 0.3 is 11.9 Å². The summed E-state index contributed by atoms with van der Waals surface area (Å²) in [5, 5.41) is 0. The highest BCUT2D eigenvalue weighted by atomic mass is 32.2. The molecule has 1 aliphatic rings. The summed E-state index contributed by atoms with van der Waals surface area (Å²) >= 11 is 0. The maximum Gasteiger partial charge on any atom is 0.396 e. The molecule has 1 fully saturated rings. The lowest BCUT2D eigenvalue weighted by molar-refractivity contribution is -0.158. The van der Waals surface area contributed by atoms with Crippen molar-refractivity contribution in [3.63, 3.8) is 0 Å². The Morgan fingerprint density at radius 3 is 2.47 bits per heavy atom. The van der Waals surface area contributed by atoms with E-state index < -0.39 is 21.7 Å². The van der Waals surface area contributed by atoms with E-state index in [1.54, 1.807) is 0 Å². The van der Waals surface area contributed by atoms with Gasteiger partial charge in [-0.2, -0.15) is 0 Å². The molecule has 1 saturated heterocycles. The van der Waals surface area contributed by atoms with Gasteiger partial charge in [0.25, 0.3) is 0 Å². The molecule has 1 heterocycles. The largest absolute Gasteiger partial charge is 0.462 e. The summed E-state index contributed by atoms with van der Waals surface area (Å²) in [6.07, 6.45) is 0.366. The van der Waals surface area contributed by atoms with Crippen molar-refractivity contribution in [1.29, 1.82) is 0 Å². The topological polar surface area (TPSA) is 80.8 Å². The molecule has 0 aliphatic carbocycles. The lowest BCUT2D eigenvalue weighted by Crippen LogP contribution is -2.39. The first kappa shape index (κ1) is 12.0. The first-order valence-electron chi connectivity index (χ1n) is 4.54. The Morgan fingerprint density at radius 2 is 1.87 bits per heavy atom. The summed E-state index contributed by atoms with van der Waals surface area (Å²) in [4.78, 5) is 23.5. The van der Waals surface area contributed by atoms with Gasteiger partial charge in [0, 0.05) is 13.1 Å². The average molecular weight is 235 g/mol. The van der Waals surface area contributed by atoms with Crippen LogP contribution in [0.2, 0.25) is 0 Å². The van der Waals surface area contributed by atoms with Crippen LogP contribution in [-0.4, -0.2) is 56.9 Å². The van der Waals surface area contributed by atoms with Gasteiger partial charge in [-0.1, -0.05) is 0 Å². The van der Waals surface area contributed by atoms with Gasteiger partial charge in [-0.15, -0.1) is 0 Å². The molecule has 0 bridgehead atoms. The molecule has 0 spiro atoms. The Bertz CT molecular complexity index is 361.